The van der Waals surface area contributed by atoms with E-state index in [4.69, 9.17) is 0 Å². The van der Waals surface area contributed by atoms with Gasteiger partial charge < -0.3 is 21.3 Å². The molecule has 91 heavy (non-hydrogen) atoms. The van der Waals surface area contributed by atoms with E-state index in [0.29, 0.717) is 27.1 Å². The molecule has 4 heterocycles. The van der Waals surface area contributed by atoms with Crippen LogP contribution < -0.4 is 21.3 Å². The molecule has 0 aromatic heterocycles. The Kier molecular flexibility index (Phi) is 28.1. The number of rotatable bonds is 4. The Labute approximate surface area is 570 Å². The van der Waals surface area contributed by atoms with Crippen molar-refractivity contribution < 1.29 is 0 Å². The maximum Gasteiger partial charge on any atom is 0.00113 e. The van der Waals surface area contributed by atoms with Gasteiger partial charge in [0.1, 0.15) is 0 Å². The summed E-state index contributed by atoms with van der Waals surface area (Å²) in [5.41, 5.74) is 6.84. The Morgan fingerprint density at radius 2 is 0.615 bits per heavy atom. The summed E-state index contributed by atoms with van der Waals surface area (Å²) < 4.78 is 0. The lowest BCUT2D eigenvalue weighted by molar-refractivity contribution is 0.0491. The smallest absolute Gasteiger partial charge is 0.00113 e. The lowest BCUT2D eigenvalue weighted by atomic mass is 9.60. The lowest BCUT2D eigenvalue weighted by Crippen LogP contribution is -2.36. The summed E-state index contributed by atoms with van der Waals surface area (Å²) in [6.45, 7) is 51.2. The number of nitrogens with one attached hydrogen (secondary N) is 4. The topological polar surface area (TPSA) is 48.1 Å². The summed E-state index contributed by atoms with van der Waals surface area (Å²) in [6, 6.07) is 0. The minimum absolute atomic E-state index is 0.494. The van der Waals surface area contributed by atoms with Crippen molar-refractivity contribution in [3.8, 4) is 0 Å². The van der Waals surface area contributed by atoms with E-state index >= 15 is 0 Å². The molecule has 14 aliphatic rings. The normalized spacial score (nSPS) is 36.2. The molecule has 8 atom stereocenters. The molecular formula is C87H164N4. The van der Waals surface area contributed by atoms with Gasteiger partial charge in [0.25, 0.3) is 0 Å². The van der Waals surface area contributed by atoms with Crippen LogP contribution in [-0.4, -0.2) is 52.4 Å². The van der Waals surface area contributed by atoms with Crippen molar-refractivity contribution in [1.82, 2.24) is 21.3 Å². The molecule has 14 rings (SSSR count). The van der Waals surface area contributed by atoms with Crippen molar-refractivity contribution in [3.63, 3.8) is 0 Å². The van der Waals surface area contributed by atoms with Crippen molar-refractivity contribution in [2.75, 3.05) is 52.4 Å². The summed E-state index contributed by atoms with van der Waals surface area (Å²) in [4.78, 5) is 0. The molecule has 4 nitrogen and oxygen atoms in total. The van der Waals surface area contributed by atoms with Crippen molar-refractivity contribution in [2.45, 2.75) is 381 Å². The monoisotopic (exact) mass is 1270 g/mol. The van der Waals surface area contributed by atoms with Gasteiger partial charge >= 0.3 is 0 Å². The highest BCUT2D eigenvalue weighted by atomic mass is 15.0. The van der Waals surface area contributed by atoms with Crippen LogP contribution in [-0.2, 0) is 0 Å². The van der Waals surface area contributed by atoms with Crippen LogP contribution in [0.4, 0.5) is 0 Å². The van der Waals surface area contributed by atoms with Crippen LogP contribution >= 0.6 is 0 Å². The molecular weight excluding hydrogens is 1100 g/mol. The SMILES string of the molecule is CC(C)(C)C1CCCC12CCCCC2.CC(C)(C)C1CCCC2(CCNC2)C1.CC(C)(C)C1CNCC12CCCC2.CC(C)C1CCC2(CCCC2)C1.CC(C)C1CCC2(CCNC2)C1.CC(C)C1CCC2(CCNC2)CC1.CC(C)C1CCCC2(CCCC2)C1. The Balaban J connectivity index is 0.000000137. The highest BCUT2D eigenvalue weighted by molar-refractivity contribution is 5.03. The predicted octanol–water partition coefficient (Wildman–Crippen LogP) is 24.4. The molecule has 14 fully saturated rings. The van der Waals surface area contributed by atoms with Gasteiger partial charge in [0.2, 0.25) is 0 Å². The van der Waals surface area contributed by atoms with E-state index in [1.807, 2.05) is 0 Å². The van der Waals surface area contributed by atoms with Crippen LogP contribution in [0.15, 0.2) is 0 Å². The van der Waals surface area contributed by atoms with Gasteiger partial charge in [-0.25, -0.2) is 0 Å². The van der Waals surface area contributed by atoms with Crippen LogP contribution in [0.5, 0.6) is 0 Å². The fourth-order valence-electron chi connectivity index (χ4n) is 24.5. The average Bonchev–Trinajstić information content (AvgIpc) is 2.60. The minimum atomic E-state index is 0.494. The van der Waals surface area contributed by atoms with Gasteiger partial charge in [-0.05, 0) is 325 Å². The highest BCUT2D eigenvalue weighted by Crippen LogP contribution is 2.60. The molecule has 4 heteroatoms. The Hall–Kier alpha value is -0.160. The van der Waals surface area contributed by atoms with Crippen molar-refractivity contribution >= 4 is 0 Å². The molecule has 532 valence electrons. The molecule has 4 saturated heterocycles. The van der Waals surface area contributed by atoms with E-state index in [0.717, 1.165) is 92.2 Å². The second kappa shape index (κ2) is 33.3. The van der Waals surface area contributed by atoms with Crippen LogP contribution in [0.25, 0.3) is 0 Å². The summed E-state index contributed by atoms with van der Waals surface area (Å²) >= 11 is 0. The largest absolute Gasteiger partial charge is 0.316 e. The maximum atomic E-state index is 3.61. The Morgan fingerprint density at radius 3 is 1.08 bits per heavy atom. The molecule has 4 N–H and O–H groups in total. The molecule has 8 unspecified atom stereocenters. The van der Waals surface area contributed by atoms with Crippen LogP contribution in [0.1, 0.15) is 381 Å². The third-order valence-corrected chi connectivity index (χ3v) is 30.8. The molecule has 4 aliphatic heterocycles. The fourth-order valence-corrected chi connectivity index (χ4v) is 24.5. The highest BCUT2D eigenvalue weighted by Gasteiger charge is 2.51. The molecule has 10 saturated carbocycles. The van der Waals surface area contributed by atoms with Gasteiger partial charge in [0.05, 0.1) is 0 Å². The first-order valence-electron chi connectivity index (χ1n) is 41.8. The summed E-state index contributed by atoms with van der Waals surface area (Å²) in [5.74, 6) is 10.7. The van der Waals surface area contributed by atoms with Gasteiger partial charge in [0, 0.05) is 26.2 Å². The number of hydrogen-bond acceptors (Lipinski definition) is 4. The summed E-state index contributed by atoms with van der Waals surface area (Å²) in [5, 5.41) is 14.2. The van der Waals surface area contributed by atoms with Gasteiger partial charge in [-0.15, -0.1) is 0 Å². The van der Waals surface area contributed by atoms with E-state index in [9.17, 15) is 0 Å². The molecule has 0 bridgehead atoms. The molecule has 10 aliphatic carbocycles. The predicted molar refractivity (Wildman–Crippen MR) is 400 cm³/mol. The second-order valence-corrected chi connectivity index (χ2v) is 41.4. The molecule has 0 aromatic rings. The van der Waals surface area contributed by atoms with E-state index in [1.165, 1.54) is 264 Å². The first-order chi connectivity index (χ1) is 43.0. The Morgan fingerprint density at radius 1 is 0.264 bits per heavy atom. The van der Waals surface area contributed by atoms with E-state index in [1.54, 1.807) is 51.4 Å². The first kappa shape index (κ1) is 76.6. The fraction of sp³-hybridized carbons (Fsp3) is 1.00. The standard InChI is InChI=1S/C14H26.C13H25N.C13H24.2C12H23N.C12H22.C11H21N/c1-13(2,3)12-8-7-11-14(12)9-5-4-6-10-14;1-12(2,3)11-5-4-6-13(9-11)7-8-14-10-13;1-11(2)12-6-5-9-13(10-12)7-3-4-8-13;1-11(2,3)10-8-13-9-12(10)6-4-5-7-12;1-10(2)11-3-5-12(6-4-11)7-8-13-9-12;1-10(2)11-5-8-12(9-11)6-3-4-7-12;1-9(2)10-3-4-11(7-10)5-6-12-8-11/h12H,4-11H2,1-3H3;11,14H,4-10H2,1-3H3;11-12H,3-10H2,1-2H3;10,13H,4-9H2,1-3H3;10-11,13H,3-9H2,1-2H3;10-11H,3-9H2,1-2H3;9-10,12H,3-8H2,1-2H3. The third kappa shape index (κ3) is 21.0. The molecule has 0 amide bonds. The molecule has 0 radical (unpaired) electrons. The van der Waals surface area contributed by atoms with E-state index < -0.39 is 0 Å². The van der Waals surface area contributed by atoms with Crippen LogP contribution in [0.3, 0.4) is 0 Å². The van der Waals surface area contributed by atoms with Crippen molar-refractivity contribution in [3.05, 3.63) is 0 Å². The lowest BCUT2D eigenvalue weighted by Gasteiger charge is -2.45. The van der Waals surface area contributed by atoms with Gasteiger partial charge in [-0.1, -0.05) is 201 Å². The number of hydrogen-bond donors (Lipinski definition) is 4. The summed E-state index contributed by atoms with van der Waals surface area (Å²) in [6.07, 6.45) is 61.7. The zero-order chi connectivity index (χ0) is 65.8. The van der Waals surface area contributed by atoms with E-state index in [-0.39, 0.29) is 0 Å². The zero-order valence-corrected chi connectivity index (χ0v) is 65.0. The molecule has 0 aromatic carbocycles. The quantitative estimate of drug-likeness (QED) is 0.227. The van der Waals surface area contributed by atoms with Gasteiger partial charge in [0.15, 0.2) is 0 Å². The van der Waals surface area contributed by atoms with Gasteiger partial charge in [-0.2, -0.15) is 0 Å². The minimum Gasteiger partial charge on any atom is -0.316 e. The average molecular weight is 1270 g/mol. The summed E-state index contributed by atoms with van der Waals surface area (Å²) in [7, 11) is 0. The zero-order valence-electron chi connectivity index (χ0n) is 65.0. The second-order valence-electron chi connectivity index (χ2n) is 41.4. The van der Waals surface area contributed by atoms with Gasteiger partial charge in [-0.3, -0.25) is 0 Å². The van der Waals surface area contributed by atoms with Crippen LogP contribution in [0, 0.1) is 119 Å². The van der Waals surface area contributed by atoms with E-state index in [2.05, 4.69) is 139 Å². The van der Waals surface area contributed by atoms with Crippen LogP contribution in [0.2, 0.25) is 0 Å². The third-order valence-electron chi connectivity index (χ3n) is 30.8. The maximum absolute atomic E-state index is 3.61. The molecule has 7 spiro atoms. The van der Waals surface area contributed by atoms with Crippen molar-refractivity contribution in [1.29, 1.82) is 0 Å². The van der Waals surface area contributed by atoms with Crippen molar-refractivity contribution in [2.24, 2.45) is 119 Å². The first-order valence-corrected chi connectivity index (χ1v) is 41.8. The Bertz CT molecular complexity index is 1980.